The van der Waals surface area contributed by atoms with Gasteiger partial charge in [0.1, 0.15) is 18.1 Å². The molecule has 0 aliphatic rings. The molecule has 2 N–H and O–H groups in total. The summed E-state index contributed by atoms with van der Waals surface area (Å²) in [5.74, 6) is 1.45. The molecule has 2 aromatic rings. The van der Waals surface area contributed by atoms with E-state index in [2.05, 4.69) is 0 Å². The molecular weight excluding hydrogens is 262 g/mol. The van der Waals surface area contributed by atoms with Gasteiger partial charge in [-0.1, -0.05) is 35.9 Å². The Morgan fingerprint density at radius 2 is 1.89 bits per heavy atom. The van der Waals surface area contributed by atoms with E-state index in [4.69, 9.17) is 26.8 Å². The molecule has 0 heterocycles. The summed E-state index contributed by atoms with van der Waals surface area (Å²) in [4.78, 5) is 0. The minimum atomic E-state index is 0.435. The summed E-state index contributed by atoms with van der Waals surface area (Å²) in [5, 5.41) is 0.605. The van der Waals surface area contributed by atoms with Crippen molar-refractivity contribution in [1.82, 2.24) is 0 Å². The molecule has 0 aliphatic heterocycles. The van der Waals surface area contributed by atoms with Gasteiger partial charge in [0.25, 0.3) is 0 Å². The zero-order valence-electron chi connectivity index (χ0n) is 10.7. The molecule has 0 atom stereocenters. The second-order valence-corrected chi connectivity index (χ2v) is 4.48. The van der Waals surface area contributed by atoms with Crippen LogP contribution in [-0.2, 0) is 13.2 Å². The average Bonchev–Trinajstić information content (AvgIpc) is 2.46. The van der Waals surface area contributed by atoms with Crippen LogP contribution in [0.15, 0.2) is 42.5 Å². The van der Waals surface area contributed by atoms with Gasteiger partial charge in [-0.3, -0.25) is 0 Å². The maximum atomic E-state index is 6.03. The van der Waals surface area contributed by atoms with E-state index >= 15 is 0 Å². The monoisotopic (exact) mass is 277 g/mol. The molecule has 0 saturated carbocycles. The van der Waals surface area contributed by atoms with Crippen molar-refractivity contribution in [1.29, 1.82) is 0 Å². The van der Waals surface area contributed by atoms with E-state index in [1.165, 1.54) is 0 Å². The van der Waals surface area contributed by atoms with Crippen molar-refractivity contribution >= 4 is 11.6 Å². The molecule has 100 valence electrons. The van der Waals surface area contributed by atoms with Crippen molar-refractivity contribution in [2.24, 2.45) is 5.73 Å². The van der Waals surface area contributed by atoms with Crippen molar-refractivity contribution in [2.45, 2.75) is 13.2 Å². The van der Waals surface area contributed by atoms with Gasteiger partial charge in [0, 0.05) is 12.1 Å². The van der Waals surface area contributed by atoms with Gasteiger partial charge in [-0.2, -0.15) is 0 Å². The molecule has 0 aromatic heterocycles. The van der Waals surface area contributed by atoms with Gasteiger partial charge >= 0.3 is 0 Å². The normalized spacial score (nSPS) is 10.3. The Balaban J connectivity index is 2.10. The van der Waals surface area contributed by atoms with Crippen LogP contribution < -0.4 is 15.2 Å². The summed E-state index contributed by atoms with van der Waals surface area (Å²) in [6, 6.07) is 13.3. The molecule has 2 rings (SSSR count). The second-order valence-electron chi connectivity index (χ2n) is 4.07. The number of nitrogens with two attached hydrogens (primary N) is 1. The summed E-state index contributed by atoms with van der Waals surface area (Å²) >= 11 is 6.03. The van der Waals surface area contributed by atoms with Crippen LogP contribution in [0.3, 0.4) is 0 Å². The van der Waals surface area contributed by atoms with Crippen molar-refractivity contribution < 1.29 is 9.47 Å². The highest BCUT2D eigenvalue weighted by Gasteiger charge is 2.05. The van der Waals surface area contributed by atoms with Gasteiger partial charge in [-0.05, 0) is 23.8 Å². The van der Waals surface area contributed by atoms with Crippen LogP contribution in [0, 0.1) is 0 Å². The topological polar surface area (TPSA) is 44.5 Å². The first-order valence-corrected chi connectivity index (χ1v) is 6.35. The van der Waals surface area contributed by atoms with E-state index in [0.29, 0.717) is 23.9 Å². The fourth-order valence-corrected chi connectivity index (χ4v) is 1.96. The number of hydrogen-bond acceptors (Lipinski definition) is 3. The van der Waals surface area contributed by atoms with Crippen LogP contribution >= 0.6 is 11.6 Å². The van der Waals surface area contributed by atoms with E-state index < -0.39 is 0 Å². The number of hydrogen-bond donors (Lipinski definition) is 1. The van der Waals surface area contributed by atoms with Gasteiger partial charge in [0.2, 0.25) is 0 Å². The van der Waals surface area contributed by atoms with Crippen LogP contribution in [0.4, 0.5) is 0 Å². The highest BCUT2D eigenvalue weighted by molar-refractivity contribution is 6.32. The lowest BCUT2D eigenvalue weighted by Gasteiger charge is -2.11. The van der Waals surface area contributed by atoms with Gasteiger partial charge in [-0.25, -0.2) is 0 Å². The molecule has 0 aliphatic carbocycles. The number of ether oxygens (including phenoxy) is 2. The SMILES string of the molecule is COc1cc(COc2ccccc2Cl)ccc1CN. The predicted octanol–water partition coefficient (Wildman–Crippen LogP) is 3.39. The molecule has 0 bridgehead atoms. The lowest BCUT2D eigenvalue weighted by atomic mass is 10.1. The third kappa shape index (κ3) is 3.40. The molecular formula is C15H16ClNO2. The molecule has 0 spiro atoms. The van der Waals surface area contributed by atoms with Crippen LogP contribution in [0.1, 0.15) is 11.1 Å². The van der Waals surface area contributed by atoms with Crippen molar-refractivity contribution in [3.05, 3.63) is 58.6 Å². The highest BCUT2D eigenvalue weighted by Crippen LogP contribution is 2.25. The van der Waals surface area contributed by atoms with Crippen LogP contribution in [0.25, 0.3) is 0 Å². The fraction of sp³-hybridized carbons (Fsp3) is 0.200. The predicted molar refractivity (Wildman–Crippen MR) is 76.7 cm³/mol. The van der Waals surface area contributed by atoms with E-state index in [9.17, 15) is 0 Å². The van der Waals surface area contributed by atoms with Crippen molar-refractivity contribution in [2.75, 3.05) is 7.11 Å². The lowest BCUT2D eigenvalue weighted by Crippen LogP contribution is -2.02. The summed E-state index contributed by atoms with van der Waals surface area (Å²) in [5.41, 5.74) is 7.62. The summed E-state index contributed by atoms with van der Waals surface area (Å²) < 4.78 is 11.0. The summed E-state index contributed by atoms with van der Waals surface area (Å²) in [7, 11) is 1.63. The van der Waals surface area contributed by atoms with Crippen molar-refractivity contribution in [3.8, 4) is 11.5 Å². The van der Waals surface area contributed by atoms with E-state index in [1.54, 1.807) is 13.2 Å². The number of halogens is 1. The molecule has 0 unspecified atom stereocenters. The molecule has 0 fully saturated rings. The zero-order valence-corrected chi connectivity index (χ0v) is 11.5. The Morgan fingerprint density at radius 3 is 2.58 bits per heavy atom. The molecule has 4 heteroatoms. The fourth-order valence-electron chi connectivity index (χ4n) is 1.77. The molecule has 3 nitrogen and oxygen atoms in total. The number of methoxy groups -OCH3 is 1. The molecule has 2 aromatic carbocycles. The number of para-hydroxylation sites is 1. The van der Waals surface area contributed by atoms with Gasteiger partial charge in [0.15, 0.2) is 0 Å². The lowest BCUT2D eigenvalue weighted by molar-refractivity contribution is 0.305. The third-order valence-corrected chi connectivity index (χ3v) is 3.11. The third-order valence-electron chi connectivity index (χ3n) is 2.80. The Bertz CT molecular complexity index is 558. The molecule has 0 amide bonds. The van der Waals surface area contributed by atoms with E-state index in [0.717, 1.165) is 16.9 Å². The van der Waals surface area contributed by atoms with E-state index in [1.807, 2.05) is 36.4 Å². The number of benzene rings is 2. The maximum Gasteiger partial charge on any atom is 0.138 e. The summed E-state index contributed by atoms with van der Waals surface area (Å²) in [6.45, 7) is 0.889. The van der Waals surface area contributed by atoms with Crippen molar-refractivity contribution in [3.63, 3.8) is 0 Å². The smallest absolute Gasteiger partial charge is 0.138 e. The zero-order chi connectivity index (χ0) is 13.7. The quantitative estimate of drug-likeness (QED) is 0.911. The molecule has 0 radical (unpaired) electrons. The van der Waals surface area contributed by atoms with Crippen LogP contribution in [-0.4, -0.2) is 7.11 Å². The van der Waals surface area contributed by atoms with Gasteiger partial charge in [0.05, 0.1) is 12.1 Å². The Morgan fingerprint density at radius 1 is 1.11 bits per heavy atom. The first-order valence-electron chi connectivity index (χ1n) is 5.97. The van der Waals surface area contributed by atoms with Crippen LogP contribution in [0.5, 0.6) is 11.5 Å². The Kier molecular flexibility index (Phi) is 4.66. The molecule has 0 saturated heterocycles. The maximum absolute atomic E-state index is 6.03. The van der Waals surface area contributed by atoms with Gasteiger partial charge < -0.3 is 15.2 Å². The first-order chi connectivity index (χ1) is 9.24. The van der Waals surface area contributed by atoms with E-state index in [-0.39, 0.29) is 0 Å². The second kappa shape index (κ2) is 6.45. The Labute approximate surface area is 117 Å². The number of rotatable bonds is 5. The van der Waals surface area contributed by atoms with Gasteiger partial charge in [-0.15, -0.1) is 0 Å². The largest absolute Gasteiger partial charge is 0.496 e. The Hall–Kier alpha value is -1.71. The first kappa shape index (κ1) is 13.7. The van der Waals surface area contributed by atoms with Crippen LogP contribution in [0.2, 0.25) is 5.02 Å². The average molecular weight is 278 g/mol. The highest BCUT2D eigenvalue weighted by atomic mass is 35.5. The standard InChI is InChI=1S/C15H16ClNO2/c1-18-15-8-11(6-7-12(15)9-17)10-19-14-5-3-2-4-13(14)16/h2-8H,9-10,17H2,1H3. The summed E-state index contributed by atoms with van der Waals surface area (Å²) in [6.07, 6.45) is 0. The minimum absolute atomic E-state index is 0.435. The minimum Gasteiger partial charge on any atom is -0.496 e. The molecule has 19 heavy (non-hydrogen) atoms.